The minimum Gasteiger partial charge on any atom is -0.381 e. The molecule has 0 unspecified atom stereocenters. The minimum atomic E-state index is 0.0370. The van der Waals surface area contributed by atoms with Gasteiger partial charge in [-0.25, -0.2) is 9.97 Å². The van der Waals surface area contributed by atoms with E-state index in [0.717, 1.165) is 35.9 Å². The smallest absolute Gasteiger partial charge is 0.227 e. The van der Waals surface area contributed by atoms with Gasteiger partial charge in [0.05, 0.1) is 0 Å². The fourth-order valence-corrected chi connectivity index (χ4v) is 2.83. The van der Waals surface area contributed by atoms with Crippen LogP contribution in [0, 0.1) is 12.8 Å². The molecule has 0 bridgehead atoms. The van der Waals surface area contributed by atoms with Crippen LogP contribution in [-0.4, -0.2) is 43.2 Å². The average Bonchev–Trinajstić information content (AvgIpc) is 2.63. The SMILES string of the molecule is Cc1nc(Nc2ccc(NC(=O)C3CCOCC3)cc2)cc(N(C)C)n1. The maximum absolute atomic E-state index is 12.3. The summed E-state index contributed by atoms with van der Waals surface area (Å²) in [6.07, 6.45) is 1.57. The molecule has 0 aliphatic carbocycles. The van der Waals surface area contributed by atoms with Crippen LogP contribution in [-0.2, 0) is 9.53 Å². The molecule has 2 aromatic rings. The van der Waals surface area contributed by atoms with Crippen LogP contribution < -0.4 is 15.5 Å². The Balaban J connectivity index is 1.63. The number of aryl methyl sites for hydroxylation is 1. The van der Waals surface area contributed by atoms with Crippen LogP contribution in [0.1, 0.15) is 18.7 Å². The lowest BCUT2D eigenvalue weighted by Crippen LogP contribution is -2.28. The summed E-state index contributed by atoms with van der Waals surface area (Å²) in [4.78, 5) is 23.0. The maximum Gasteiger partial charge on any atom is 0.227 e. The molecule has 26 heavy (non-hydrogen) atoms. The van der Waals surface area contributed by atoms with Crippen LogP contribution in [0.5, 0.6) is 0 Å². The lowest BCUT2D eigenvalue weighted by Gasteiger charge is -2.21. The average molecular weight is 355 g/mol. The van der Waals surface area contributed by atoms with Crippen LogP contribution in [0.25, 0.3) is 0 Å². The Hall–Kier alpha value is -2.67. The molecule has 138 valence electrons. The van der Waals surface area contributed by atoms with Crippen molar-refractivity contribution in [1.29, 1.82) is 0 Å². The summed E-state index contributed by atoms with van der Waals surface area (Å²) in [5.41, 5.74) is 1.69. The molecule has 1 amide bonds. The minimum absolute atomic E-state index is 0.0370. The number of nitrogens with one attached hydrogen (secondary N) is 2. The van der Waals surface area contributed by atoms with Crippen molar-refractivity contribution in [1.82, 2.24) is 9.97 Å². The van der Waals surface area contributed by atoms with Crippen LogP contribution in [0.3, 0.4) is 0 Å². The number of hydrogen-bond donors (Lipinski definition) is 2. The van der Waals surface area contributed by atoms with Crippen molar-refractivity contribution in [3.63, 3.8) is 0 Å². The highest BCUT2D eigenvalue weighted by Gasteiger charge is 2.21. The molecule has 3 rings (SSSR count). The van der Waals surface area contributed by atoms with Gasteiger partial charge in [0.15, 0.2) is 0 Å². The highest BCUT2D eigenvalue weighted by atomic mass is 16.5. The van der Waals surface area contributed by atoms with Crippen LogP contribution in [0.15, 0.2) is 30.3 Å². The Morgan fingerprint density at radius 1 is 1.12 bits per heavy atom. The zero-order valence-corrected chi connectivity index (χ0v) is 15.5. The monoisotopic (exact) mass is 355 g/mol. The Labute approximate surface area is 153 Å². The second-order valence-electron chi connectivity index (χ2n) is 6.63. The molecule has 1 aromatic heterocycles. The number of benzene rings is 1. The van der Waals surface area contributed by atoms with E-state index in [1.807, 2.05) is 56.3 Å². The Morgan fingerprint density at radius 2 is 1.77 bits per heavy atom. The second-order valence-corrected chi connectivity index (χ2v) is 6.63. The highest BCUT2D eigenvalue weighted by molar-refractivity contribution is 5.92. The molecular formula is C19H25N5O2. The molecule has 0 saturated carbocycles. The van der Waals surface area contributed by atoms with Gasteiger partial charge in [0.1, 0.15) is 17.5 Å². The van der Waals surface area contributed by atoms with E-state index in [0.29, 0.717) is 19.0 Å². The van der Waals surface area contributed by atoms with Crippen molar-refractivity contribution >= 4 is 28.9 Å². The van der Waals surface area contributed by atoms with Crippen molar-refractivity contribution in [2.75, 3.05) is 42.8 Å². The predicted octanol–water partition coefficient (Wildman–Crippen LogP) is 2.96. The number of anilines is 4. The van der Waals surface area contributed by atoms with E-state index >= 15 is 0 Å². The molecule has 2 heterocycles. The Morgan fingerprint density at radius 3 is 2.42 bits per heavy atom. The van der Waals surface area contributed by atoms with E-state index in [2.05, 4.69) is 20.6 Å². The second kappa shape index (κ2) is 8.14. The quantitative estimate of drug-likeness (QED) is 0.858. The third-order valence-electron chi connectivity index (χ3n) is 4.30. The molecule has 1 aromatic carbocycles. The van der Waals surface area contributed by atoms with Crippen molar-refractivity contribution in [2.45, 2.75) is 19.8 Å². The summed E-state index contributed by atoms with van der Waals surface area (Å²) in [6.45, 7) is 3.19. The number of amides is 1. The molecule has 0 atom stereocenters. The molecule has 1 fully saturated rings. The van der Waals surface area contributed by atoms with Gasteiger partial charge in [-0.2, -0.15) is 0 Å². The number of nitrogens with zero attached hydrogens (tertiary/aromatic N) is 3. The van der Waals surface area contributed by atoms with Crippen molar-refractivity contribution in [2.24, 2.45) is 5.92 Å². The van der Waals surface area contributed by atoms with E-state index in [9.17, 15) is 4.79 Å². The number of hydrogen-bond acceptors (Lipinski definition) is 6. The highest BCUT2D eigenvalue weighted by Crippen LogP contribution is 2.22. The van der Waals surface area contributed by atoms with Gasteiger partial charge >= 0.3 is 0 Å². The van der Waals surface area contributed by atoms with Gasteiger partial charge in [0.25, 0.3) is 0 Å². The molecular weight excluding hydrogens is 330 g/mol. The molecule has 0 spiro atoms. The first-order valence-electron chi connectivity index (χ1n) is 8.80. The van der Waals surface area contributed by atoms with E-state index in [1.165, 1.54) is 0 Å². The fourth-order valence-electron chi connectivity index (χ4n) is 2.83. The van der Waals surface area contributed by atoms with Crippen LogP contribution >= 0.6 is 0 Å². The first-order chi connectivity index (χ1) is 12.5. The van der Waals surface area contributed by atoms with Crippen molar-refractivity contribution < 1.29 is 9.53 Å². The summed E-state index contributed by atoms with van der Waals surface area (Å²) in [6, 6.07) is 9.52. The summed E-state index contributed by atoms with van der Waals surface area (Å²) >= 11 is 0. The topological polar surface area (TPSA) is 79.4 Å². The van der Waals surface area contributed by atoms with Gasteiger partial charge in [-0.1, -0.05) is 0 Å². The fraction of sp³-hybridized carbons (Fsp3) is 0.421. The van der Waals surface area contributed by atoms with Crippen molar-refractivity contribution in [3.05, 3.63) is 36.2 Å². The van der Waals surface area contributed by atoms with Gasteiger partial charge in [0, 0.05) is 50.7 Å². The Kier molecular flexibility index (Phi) is 5.68. The summed E-state index contributed by atoms with van der Waals surface area (Å²) in [5, 5.41) is 6.26. The van der Waals surface area contributed by atoms with E-state index in [-0.39, 0.29) is 11.8 Å². The number of rotatable bonds is 5. The third kappa shape index (κ3) is 4.70. The van der Waals surface area contributed by atoms with E-state index in [4.69, 9.17) is 4.74 Å². The predicted molar refractivity (Wildman–Crippen MR) is 103 cm³/mol. The van der Waals surface area contributed by atoms with Gasteiger partial charge in [0.2, 0.25) is 5.91 Å². The lowest BCUT2D eigenvalue weighted by atomic mass is 9.99. The molecule has 1 saturated heterocycles. The number of carbonyl (C=O) groups is 1. The summed E-state index contributed by atoms with van der Waals surface area (Å²) < 4.78 is 5.30. The molecule has 2 N–H and O–H groups in total. The summed E-state index contributed by atoms with van der Waals surface area (Å²) in [7, 11) is 3.89. The van der Waals surface area contributed by atoms with Gasteiger partial charge in [-0.05, 0) is 44.0 Å². The van der Waals surface area contributed by atoms with Gasteiger partial charge < -0.3 is 20.3 Å². The van der Waals surface area contributed by atoms with Crippen molar-refractivity contribution in [3.8, 4) is 0 Å². The molecule has 1 aliphatic rings. The Bertz CT molecular complexity index is 755. The van der Waals surface area contributed by atoms with Gasteiger partial charge in [-0.15, -0.1) is 0 Å². The number of ether oxygens (including phenoxy) is 1. The molecule has 0 radical (unpaired) electrons. The number of carbonyl (C=O) groups excluding carboxylic acids is 1. The zero-order chi connectivity index (χ0) is 18.5. The molecule has 1 aliphatic heterocycles. The number of aromatic nitrogens is 2. The standard InChI is InChI=1S/C19H25N5O2/c1-13-20-17(12-18(21-13)24(2)3)22-15-4-6-16(7-5-15)23-19(25)14-8-10-26-11-9-14/h4-7,12,14H,8-11H2,1-3H3,(H,23,25)(H,20,21,22). The van der Waals surface area contributed by atoms with E-state index < -0.39 is 0 Å². The lowest BCUT2D eigenvalue weighted by molar-refractivity contribution is -0.122. The largest absolute Gasteiger partial charge is 0.381 e. The normalized spacial score (nSPS) is 14.7. The zero-order valence-electron chi connectivity index (χ0n) is 15.5. The summed E-state index contributed by atoms with van der Waals surface area (Å²) in [5.74, 6) is 2.39. The van der Waals surface area contributed by atoms with Crippen LogP contribution in [0.4, 0.5) is 23.0 Å². The first kappa shape index (κ1) is 18.1. The third-order valence-corrected chi connectivity index (χ3v) is 4.30. The maximum atomic E-state index is 12.3. The van der Waals surface area contributed by atoms with Gasteiger partial charge in [-0.3, -0.25) is 4.79 Å². The molecule has 7 nitrogen and oxygen atoms in total. The van der Waals surface area contributed by atoms with Crippen LogP contribution in [0.2, 0.25) is 0 Å². The first-order valence-corrected chi connectivity index (χ1v) is 8.80. The van der Waals surface area contributed by atoms with E-state index in [1.54, 1.807) is 0 Å². The molecule has 7 heteroatoms.